The molecule has 0 atom stereocenters. The molecule has 0 fully saturated rings. The highest BCUT2D eigenvalue weighted by molar-refractivity contribution is 5.50. The van der Waals surface area contributed by atoms with Crippen LogP contribution >= 0.6 is 0 Å². The molecule has 0 saturated carbocycles. The first-order valence-corrected chi connectivity index (χ1v) is 5.68. The van der Waals surface area contributed by atoms with Gasteiger partial charge in [-0.2, -0.15) is 0 Å². The van der Waals surface area contributed by atoms with Crippen molar-refractivity contribution in [1.29, 1.82) is 0 Å². The minimum absolute atomic E-state index is 0.929. The maximum Gasteiger partial charge on any atom is 0.0401 e. The van der Waals surface area contributed by atoms with E-state index in [9.17, 15) is 0 Å². The molecule has 2 rings (SSSR count). The Morgan fingerprint density at radius 2 is 1.25 bits per heavy atom. The summed E-state index contributed by atoms with van der Waals surface area (Å²) in [5, 5.41) is 0. The van der Waals surface area contributed by atoms with Crippen LogP contribution in [0.1, 0.15) is 36.8 Å². The van der Waals surface area contributed by atoms with E-state index in [1.807, 2.05) is 24.3 Å². The summed E-state index contributed by atoms with van der Waals surface area (Å²) in [5.74, 6) is 12.8. The summed E-state index contributed by atoms with van der Waals surface area (Å²) in [4.78, 5) is 0. The highest BCUT2D eigenvalue weighted by Gasteiger charge is 1.94. The molecule has 0 aliphatic heterocycles. The van der Waals surface area contributed by atoms with Crippen molar-refractivity contribution >= 4 is 0 Å². The highest BCUT2D eigenvalue weighted by Crippen LogP contribution is 2.06. The zero-order chi connectivity index (χ0) is 11.1. The van der Waals surface area contributed by atoms with Gasteiger partial charge in [0.05, 0.1) is 0 Å². The Kier molecular flexibility index (Phi) is 3.87. The Balaban J connectivity index is 2.31. The SMILES string of the molecule is C1#Cc2ccccc2C#CCC/C=C\CC1. The summed E-state index contributed by atoms with van der Waals surface area (Å²) in [6, 6.07) is 8.11. The molecule has 1 aromatic rings. The average Bonchev–Trinajstić information content (AvgIpc) is 2.30. The predicted octanol–water partition coefficient (Wildman–Crippen LogP) is 3.52. The van der Waals surface area contributed by atoms with E-state index < -0.39 is 0 Å². The number of allylic oxidation sites excluding steroid dienone is 2. The number of benzene rings is 1. The molecule has 1 aliphatic rings. The minimum atomic E-state index is 0.929. The lowest BCUT2D eigenvalue weighted by molar-refractivity contribution is 1.03. The van der Waals surface area contributed by atoms with Gasteiger partial charge in [0.1, 0.15) is 0 Å². The molecule has 0 amide bonds. The van der Waals surface area contributed by atoms with Gasteiger partial charge in [-0.15, -0.1) is 0 Å². The number of hydrogen-bond donors (Lipinski definition) is 0. The molecule has 0 heterocycles. The third-order valence-electron chi connectivity index (χ3n) is 2.41. The van der Waals surface area contributed by atoms with E-state index in [-0.39, 0.29) is 0 Å². The van der Waals surface area contributed by atoms with Crippen LogP contribution in [0.25, 0.3) is 0 Å². The van der Waals surface area contributed by atoms with E-state index in [2.05, 4.69) is 35.8 Å². The van der Waals surface area contributed by atoms with Crippen molar-refractivity contribution in [3.8, 4) is 23.7 Å². The molecule has 1 aliphatic carbocycles. The van der Waals surface area contributed by atoms with Crippen LogP contribution in [0.2, 0.25) is 0 Å². The Morgan fingerprint density at radius 3 is 1.75 bits per heavy atom. The second-order valence-corrected chi connectivity index (χ2v) is 3.70. The van der Waals surface area contributed by atoms with Gasteiger partial charge < -0.3 is 0 Å². The van der Waals surface area contributed by atoms with E-state index in [4.69, 9.17) is 0 Å². The summed E-state index contributed by atoms with van der Waals surface area (Å²) < 4.78 is 0. The van der Waals surface area contributed by atoms with Gasteiger partial charge in [-0.25, -0.2) is 0 Å². The van der Waals surface area contributed by atoms with Crippen molar-refractivity contribution in [1.82, 2.24) is 0 Å². The summed E-state index contributed by atoms with van der Waals surface area (Å²) in [6.45, 7) is 0. The lowest BCUT2D eigenvalue weighted by Gasteiger charge is -1.95. The van der Waals surface area contributed by atoms with Gasteiger partial charge in [-0.05, 0) is 25.0 Å². The van der Waals surface area contributed by atoms with Gasteiger partial charge in [0.2, 0.25) is 0 Å². The molecule has 0 heteroatoms. The standard InChI is InChI=1S/C16H14/c1-2-4-6-8-12-16-14-10-9-13-15(16)11-7-5-3-1/h1-2,9-10,13-14H,3-6H2/b2-1-. The Hall–Kier alpha value is -1.92. The third-order valence-corrected chi connectivity index (χ3v) is 2.41. The average molecular weight is 206 g/mol. The molecule has 78 valence electrons. The van der Waals surface area contributed by atoms with Gasteiger partial charge in [-0.3, -0.25) is 0 Å². The van der Waals surface area contributed by atoms with E-state index in [0.29, 0.717) is 0 Å². The topological polar surface area (TPSA) is 0 Å². The van der Waals surface area contributed by atoms with Gasteiger partial charge in [0.25, 0.3) is 0 Å². The lowest BCUT2D eigenvalue weighted by Crippen LogP contribution is -1.83. The summed E-state index contributed by atoms with van der Waals surface area (Å²) in [5.41, 5.74) is 2.11. The number of hydrogen-bond acceptors (Lipinski definition) is 0. The molecule has 0 nitrogen and oxygen atoms in total. The minimum Gasteiger partial charge on any atom is -0.0975 e. The lowest BCUT2D eigenvalue weighted by atomic mass is 10.1. The van der Waals surface area contributed by atoms with Gasteiger partial charge >= 0.3 is 0 Å². The summed E-state index contributed by atoms with van der Waals surface area (Å²) in [7, 11) is 0. The predicted molar refractivity (Wildman–Crippen MR) is 67.8 cm³/mol. The van der Waals surface area contributed by atoms with Crippen LogP contribution < -0.4 is 0 Å². The van der Waals surface area contributed by atoms with E-state index >= 15 is 0 Å². The van der Waals surface area contributed by atoms with Crippen molar-refractivity contribution in [2.75, 3.05) is 0 Å². The Labute approximate surface area is 97.4 Å². The zero-order valence-electron chi connectivity index (χ0n) is 9.29. The fraction of sp³-hybridized carbons (Fsp3) is 0.250. The largest absolute Gasteiger partial charge is 0.0975 e. The fourth-order valence-electron chi connectivity index (χ4n) is 1.56. The summed E-state index contributed by atoms with van der Waals surface area (Å²) >= 11 is 0. The van der Waals surface area contributed by atoms with Crippen LogP contribution in [0.15, 0.2) is 36.4 Å². The van der Waals surface area contributed by atoms with Crippen LogP contribution in [0.4, 0.5) is 0 Å². The van der Waals surface area contributed by atoms with Crippen LogP contribution in [0.3, 0.4) is 0 Å². The molecular weight excluding hydrogens is 192 g/mol. The molecule has 0 bridgehead atoms. The first-order chi connectivity index (χ1) is 7.97. The molecule has 0 radical (unpaired) electrons. The van der Waals surface area contributed by atoms with Gasteiger partial charge in [-0.1, -0.05) is 48.0 Å². The molecule has 0 aromatic heterocycles. The number of rotatable bonds is 0. The normalized spacial score (nSPS) is 16.2. The van der Waals surface area contributed by atoms with Crippen LogP contribution in [-0.4, -0.2) is 0 Å². The molecule has 0 unspecified atom stereocenters. The van der Waals surface area contributed by atoms with Crippen molar-refractivity contribution < 1.29 is 0 Å². The van der Waals surface area contributed by atoms with Crippen molar-refractivity contribution in [2.24, 2.45) is 0 Å². The smallest absolute Gasteiger partial charge is 0.0401 e. The molecule has 0 saturated heterocycles. The molecule has 16 heavy (non-hydrogen) atoms. The van der Waals surface area contributed by atoms with Gasteiger partial charge in [0, 0.05) is 24.0 Å². The molecule has 0 N–H and O–H groups in total. The van der Waals surface area contributed by atoms with Crippen molar-refractivity contribution in [3.05, 3.63) is 47.5 Å². The van der Waals surface area contributed by atoms with Gasteiger partial charge in [0.15, 0.2) is 0 Å². The fourth-order valence-corrected chi connectivity index (χ4v) is 1.56. The second-order valence-electron chi connectivity index (χ2n) is 3.70. The molecule has 0 spiro atoms. The molecule has 1 aromatic carbocycles. The quantitative estimate of drug-likeness (QED) is 0.450. The van der Waals surface area contributed by atoms with E-state index in [1.165, 1.54) is 0 Å². The van der Waals surface area contributed by atoms with E-state index in [0.717, 1.165) is 36.8 Å². The number of fused-ring (bicyclic) bond motifs is 1. The first kappa shape index (κ1) is 10.6. The highest BCUT2D eigenvalue weighted by atomic mass is 14.0. The maximum atomic E-state index is 3.19. The zero-order valence-corrected chi connectivity index (χ0v) is 9.29. The maximum absolute atomic E-state index is 3.19. The van der Waals surface area contributed by atoms with Crippen LogP contribution in [-0.2, 0) is 0 Å². The Morgan fingerprint density at radius 1 is 0.750 bits per heavy atom. The third kappa shape index (κ3) is 3.04. The van der Waals surface area contributed by atoms with Crippen LogP contribution in [0.5, 0.6) is 0 Å². The second kappa shape index (κ2) is 5.84. The van der Waals surface area contributed by atoms with Crippen molar-refractivity contribution in [3.63, 3.8) is 0 Å². The van der Waals surface area contributed by atoms with E-state index in [1.54, 1.807) is 0 Å². The monoisotopic (exact) mass is 206 g/mol. The van der Waals surface area contributed by atoms with Crippen LogP contribution in [0, 0.1) is 23.7 Å². The first-order valence-electron chi connectivity index (χ1n) is 5.68. The van der Waals surface area contributed by atoms with Crippen molar-refractivity contribution in [2.45, 2.75) is 25.7 Å². The molecular formula is C16H14. The Bertz CT molecular complexity index is 451. The summed E-state index contributed by atoms with van der Waals surface area (Å²) in [6.07, 6.45) is 8.34.